The van der Waals surface area contributed by atoms with Crippen LogP contribution in [0.3, 0.4) is 0 Å². The van der Waals surface area contributed by atoms with Gasteiger partial charge in [0.05, 0.1) is 6.07 Å². The van der Waals surface area contributed by atoms with E-state index >= 15 is 0 Å². The second-order valence-corrected chi connectivity index (χ2v) is 4.89. The number of benzene rings is 1. The molecule has 1 aromatic rings. The number of hydrogen-bond donors (Lipinski definition) is 0. The first-order valence-corrected chi connectivity index (χ1v) is 6.60. The SMILES string of the molecule is N#CC(C(=O)C1CCCC1)c1ccc(OC(F)F)cc1. The average Bonchev–Trinajstić information content (AvgIpc) is 2.94. The molecule has 1 fully saturated rings. The van der Waals surface area contributed by atoms with Crippen LogP contribution >= 0.6 is 0 Å². The van der Waals surface area contributed by atoms with Gasteiger partial charge in [0.1, 0.15) is 11.7 Å². The van der Waals surface area contributed by atoms with E-state index < -0.39 is 12.5 Å². The number of nitrogens with zero attached hydrogens (tertiary/aromatic N) is 1. The molecule has 1 aliphatic rings. The molecule has 1 aromatic carbocycles. The van der Waals surface area contributed by atoms with Gasteiger partial charge in [0.2, 0.25) is 0 Å². The van der Waals surface area contributed by atoms with Crippen molar-refractivity contribution in [3.8, 4) is 11.8 Å². The van der Waals surface area contributed by atoms with Gasteiger partial charge in [-0.15, -0.1) is 0 Å². The van der Waals surface area contributed by atoms with Crippen LogP contribution in [0.1, 0.15) is 37.2 Å². The van der Waals surface area contributed by atoms with Crippen LogP contribution in [0.15, 0.2) is 24.3 Å². The molecule has 0 N–H and O–H groups in total. The number of ether oxygens (including phenoxy) is 1. The molecule has 2 rings (SSSR count). The highest BCUT2D eigenvalue weighted by atomic mass is 19.3. The smallest absolute Gasteiger partial charge is 0.387 e. The molecule has 20 heavy (non-hydrogen) atoms. The summed E-state index contributed by atoms with van der Waals surface area (Å²) in [6, 6.07) is 7.72. The van der Waals surface area contributed by atoms with Crippen LogP contribution in [0.4, 0.5) is 8.78 Å². The molecular formula is C15H15F2NO2. The molecule has 1 aliphatic carbocycles. The Morgan fingerprint density at radius 2 is 1.85 bits per heavy atom. The number of alkyl halides is 2. The van der Waals surface area contributed by atoms with Crippen LogP contribution in [0.25, 0.3) is 0 Å². The third-order valence-electron chi connectivity index (χ3n) is 3.61. The van der Waals surface area contributed by atoms with Gasteiger partial charge >= 0.3 is 6.61 Å². The summed E-state index contributed by atoms with van der Waals surface area (Å²) in [5, 5.41) is 9.20. The number of ketones is 1. The van der Waals surface area contributed by atoms with Crippen LogP contribution in [-0.2, 0) is 4.79 Å². The Bertz CT molecular complexity index is 502. The molecular weight excluding hydrogens is 264 g/mol. The van der Waals surface area contributed by atoms with E-state index in [9.17, 15) is 18.8 Å². The van der Waals surface area contributed by atoms with Crippen molar-refractivity contribution in [2.75, 3.05) is 0 Å². The van der Waals surface area contributed by atoms with Gasteiger partial charge in [0.25, 0.3) is 0 Å². The standard InChI is InChI=1S/C15H15F2NO2/c16-15(17)20-12-7-5-10(6-8-12)13(9-18)14(19)11-3-1-2-4-11/h5-8,11,13,15H,1-4H2. The Kier molecular flexibility index (Phi) is 4.67. The number of carbonyl (C=O) groups excluding carboxylic acids is 1. The van der Waals surface area contributed by atoms with E-state index in [1.165, 1.54) is 24.3 Å². The van der Waals surface area contributed by atoms with Gasteiger partial charge in [-0.3, -0.25) is 4.79 Å². The Labute approximate surface area is 116 Å². The quantitative estimate of drug-likeness (QED) is 0.826. The molecule has 1 atom stereocenters. The first kappa shape index (κ1) is 14.4. The van der Waals surface area contributed by atoms with Gasteiger partial charge in [-0.25, -0.2) is 0 Å². The van der Waals surface area contributed by atoms with Crippen molar-refractivity contribution in [3.05, 3.63) is 29.8 Å². The topological polar surface area (TPSA) is 50.1 Å². The fraction of sp³-hybridized carbons (Fsp3) is 0.467. The highest BCUT2D eigenvalue weighted by molar-refractivity contribution is 5.90. The highest BCUT2D eigenvalue weighted by Gasteiger charge is 2.30. The van der Waals surface area contributed by atoms with E-state index in [2.05, 4.69) is 4.74 Å². The van der Waals surface area contributed by atoms with Crippen molar-refractivity contribution in [1.29, 1.82) is 5.26 Å². The summed E-state index contributed by atoms with van der Waals surface area (Å²) in [6.45, 7) is -2.88. The maximum absolute atomic E-state index is 12.3. The third kappa shape index (κ3) is 3.32. The number of carbonyl (C=O) groups is 1. The van der Waals surface area contributed by atoms with Crippen LogP contribution < -0.4 is 4.74 Å². The average molecular weight is 279 g/mol. The Balaban J connectivity index is 2.11. The maximum Gasteiger partial charge on any atom is 0.387 e. The molecule has 0 aromatic heterocycles. The number of rotatable bonds is 5. The Morgan fingerprint density at radius 1 is 1.25 bits per heavy atom. The van der Waals surface area contributed by atoms with Gasteiger partial charge in [0, 0.05) is 5.92 Å². The summed E-state index contributed by atoms with van der Waals surface area (Å²) in [5.74, 6) is -0.906. The summed E-state index contributed by atoms with van der Waals surface area (Å²) in [7, 11) is 0. The zero-order valence-electron chi connectivity index (χ0n) is 10.9. The van der Waals surface area contributed by atoms with E-state index in [0.29, 0.717) is 5.56 Å². The lowest BCUT2D eigenvalue weighted by Gasteiger charge is -2.14. The first-order chi connectivity index (χ1) is 9.61. The van der Waals surface area contributed by atoms with Crippen LogP contribution in [0.2, 0.25) is 0 Å². The molecule has 5 heteroatoms. The molecule has 3 nitrogen and oxygen atoms in total. The number of Topliss-reactive ketones (excluding diaryl/α,β-unsaturated/α-hetero) is 1. The first-order valence-electron chi connectivity index (χ1n) is 6.60. The van der Waals surface area contributed by atoms with E-state index in [1.54, 1.807) is 0 Å². The minimum Gasteiger partial charge on any atom is -0.435 e. The maximum atomic E-state index is 12.3. The number of hydrogen-bond acceptors (Lipinski definition) is 3. The molecule has 1 saturated carbocycles. The second-order valence-electron chi connectivity index (χ2n) is 4.89. The molecule has 0 bridgehead atoms. The minimum atomic E-state index is -2.88. The van der Waals surface area contributed by atoms with Crippen molar-refractivity contribution in [1.82, 2.24) is 0 Å². The molecule has 0 heterocycles. The largest absolute Gasteiger partial charge is 0.435 e. The zero-order chi connectivity index (χ0) is 14.5. The predicted octanol–water partition coefficient (Wildman–Crippen LogP) is 3.65. The molecule has 106 valence electrons. The highest BCUT2D eigenvalue weighted by Crippen LogP contribution is 2.31. The van der Waals surface area contributed by atoms with Gasteiger partial charge in [-0.05, 0) is 30.5 Å². The molecule has 1 unspecified atom stereocenters. The lowest BCUT2D eigenvalue weighted by molar-refractivity contribution is -0.123. The molecule has 0 amide bonds. The van der Waals surface area contributed by atoms with Gasteiger partial charge in [0.15, 0.2) is 5.78 Å². The van der Waals surface area contributed by atoms with Gasteiger partial charge in [-0.1, -0.05) is 25.0 Å². The Morgan fingerprint density at radius 3 is 2.35 bits per heavy atom. The predicted molar refractivity (Wildman–Crippen MR) is 68.4 cm³/mol. The monoisotopic (exact) mass is 279 g/mol. The van der Waals surface area contributed by atoms with E-state index in [0.717, 1.165) is 25.7 Å². The number of halogens is 2. The van der Waals surface area contributed by atoms with Crippen molar-refractivity contribution >= 4 is 5.78 Å². The van der Waals surface area contributed by atoms with Crippen LogP contribution in [-0.4, -0.2) is 12.4 Å². The normalized spacial score (nSPS) is 16.9. The van der Waals surface area contributed by atoms with Crippen molar-refractivity contribution in [2.45, 2.75) is 38.2 Å². The lowest BCUT2D eigenvalue weighted by Crippen LogP contribution is -2.19. The van der Waals surface area contributed by atoms with Crippen LogP contribution in [0, 0.1) is 17.2 Å². The van der Waals surface area contributed by atoms with Crippen molar-refractivity contribution in [3.63, 3.8) is 0 Å². The Hall–Kier alpha value is -1.96. The van der Waals surface area contributed by atoms with Gasteiger partial charge in [-0.2, -0.15) is 14.0 Å². The molecule has 0 saturated heterocycles. The minimum absolute atomic E-state index is 0.0220. The summed E-state index contributed by atoms with van der Waals surface area (Å²) in [4.78, 5) is 12.3. The van der Waals surface area contributed by atoms with E-state index in [4.69, 9.17) is 0 Å². The summed E-state index contributed by atoms with van der Waals surface area (Å²) in [6.07, 6.45) is 3.72. The fourth-order valence-corrected chi connectivity index (χ4v) is 2.59. The second kappa shape index (κ2) is 6.47. The third-order valence-corrected chi connectivity index (χ3v) is 3.61. The summed E-state index contributed by atoms with van der Waals surface area (Å²) >= 11 is 0. The van der Waals surface area contributed by atoms with Crippen molar-refractivity contribution < 1.29 is 18.3 Å². The van der Waals surface area contributed by atoms with Gasteiger partial charge < -0.3 is 4.74 Å². The van der Waals surface area contributed by atoms with E-state index in [1.807, 2.05) is 6.07 Å². The fourth-order valence-electron chi connectivity index (χ4n) is 2.59. The zero-order valence-corrected chi connectivity index (χ0v) is 10.9. The lowest BCUT2D eigenvalue weighted by atomic mass is 9.87. The molecule has 0 radical (unpaired) electrons. The summed E-state index contributed by atoms with van der Waals surface area (Å²) in [5.41, 5.74) is 0.533. The number of nitriles is 1. The van der Waals surface area contributed by atoms with Crippen LogP contribution in [0.5, 0.6) is 5.75 Å². The van der Waals surface area contributed by atoms with Crippen molar-refractivity contribution in [2.24, 2.45) is 5.92 Å². The molecule has 0 spiro atoms. The molecule has 0 aliphatic heterocycles. The van der Waals surface area contributed by atoms with E-state index in [-0.39, 0.29) is 17.5 Å². The summed E-state index contributed by atoms with van der Waals surface area (Å²) < 4.78 is 28.3.